The predicted octanol–water partition coefficient (Wildman–Crippen LogP) is 4.35. The highest BCUT2D eigenvalue weighted by molar-refractivity contribution is 5.78. The highest BCUT2D eigenvalue weighted by atomic mass is 16.1. The molecule has 0 N–H and O–H groups in total. The van der Waals surface area contributed by atoms with E-state index < -0.39 is 0 Å². The van der Waals surface area contributed by atoms with E-state index in [1.807, 2.05) is 0 Å². The number of hydrogen-bond donors (Lipinski definition) is 0. The van der Waals surface area contributed by atoms with Crippen LogP contribution in [0, 0.1) is 11.8 Å². The van der Waals surface area contributed by atoms with Crippen LogP contribution >= 0.6 is 0 Å². The lowest BCUT2D eigenvalue weighted by molar-refractivity contribution is -0.119. The third-order valence-corrected chi connectivity index (χ3v) is 3.54. The van der Waals surface area contributed by atoms with Gasteiger partial charge in [0, 0.05) is 12.8 Å². The average Bonchev–Trinajstić information content (AvgIpc) is 2.66. The first-order chi connectivity index (χ1) is 7.18. The van der Waals surface area contributed by atoms with E-state index in [4.69, 9.17) is 0 Å². The van der Waals surface area contributed by atoms with Gasteiger partial charge in [-0.1, -0.05) is 46.0 Å². The van der Waals surface area contributed by atoms with Crippen LogP contribution in [-0.2, 0) is 4.79 Å². The van der Waals surface area contributed by atoms with Gasteiger partial charge in [-0.3, -0.25) is 4.79 Å². The van der Waals surface area contributed by atoms with Crippen LogP contribution in [0.4, 0.5) is 0 Å². The minimum Gasteiger partial charge on any atom is -0.300 e. The molecule has 1 nitrogen and oxygen atoms in total. The Bertz CT molecular complexity index is 178. The summed E-state index contributed by atoms with van der Waals surface area (Å²) >= 11 is 0. The summed E-state index contributed by atoms with van der Waals surface area (Å²) in [5, 5.41) is 0. The monoisotopic (exact) mass is 210 g/mol. The Labute approximate surface area is 94.6 Å². The maximum atomic E-state index is 11.6. The van der Waals surface area contributed by atoms with Crippen LogP contribution in [0.15, 0.2) is 0 Å². The lowest BCUT2D eigenvalue weighted by Crippen LogP contribution is -2.02. The molecule has 0 amide bonds. The maximum absolute atomic E-state index is 11.6. The molecule has 0 spiro atoms. The van der Waals surface area contributed by atoms with Crippen LogP contribution in [-0.4, -0.2) is 5.78 Å². The van der Waals surface area contributed by atoms with Crippen molar-refractivity contribution in [1.29, 1.82) is 0 Å². The number of ketones is 1. The molecule has 0 unspecified atom stereocenters. The zero-order chi connectivity index (χ0) is 11.1. The van der Waals surface area contributed by atoms with Crippen molar-refractivity contribution < 1.29 is 4.79 Å². The molecule has 0 aromatic rings. The van der Waals surface area contributed by atoms with Gasteiger partial charge in [-0.2, -0.15) is 0 Å². The second kappa shape index (κ2) is 7.03. The molecule has 0 saturated heterocycles. The lowest BCUT2D eigenvalue weighted by Gasteiger charge is -2.08. The van der Waals surface area contributed by atoms with E-state index in [2.05, 4.69) is 13.8 Å². The number of carbonyl (C=O) groups is 1. The van der Waals surface area contributed by atoms with E-state index in [1.165, 1.54) is 38.5 Å². The minimum absolute atomic E-state index is 0.502. The Morgan fingerprint density at radius 2 is 1.87 bits per heavy atom. The summed E-state index contributed by atoms with van der Waals surface area (Å²) in [6.45, 7) is 4.45. The van der Waals surface area contributed by atoms with Gasteiger partial charge in [0.15, 0.2) is 0 Å². The smallest absolute Gasteiger partial charge is 0.132 e. The van der Waals surface area contributed by atoms with Crippen LogP contribution in [0.5, 0.6) is 0 Å². The predicted molar refractivity (Wildman–Crippen MR) is 64.9 cm³/mol. The van der Waals surface area contributed by atoms with Gasteiger partial charge in [-0.05, 0) is 24.7 Å². The van der Waals surface area contributed by atoms with Gasteiger partial charge in [0.1, 0.15) is 5.78 Å². The van der Waals surface area contributed by atoms with Crippen molar-refractivity contribution >= 4 is 5.78 Å². The van der Waals surface area contributed by atoms with E-state index in [-0.39, 0.29) is 0 Å². The van der Waals surface area contributed by atoms with Crippen molar-refractivity contribution in [3.05, 3.63) is 0 Å². The molecule has 88 valence electrons. The number of carbonyl (C=O) groups excluding carboxylic acids is 1. The third kappa shape index (κ3) is 5.96. The Morgan fingerprint density at radius 1 is 1.20 bits per heavy atom. The summed E-state index contributed by atoms with van der Waals surface area (Å²) in [6.07, 6.45) is 10.7. The molecule has 1 fully saturated rings. The van der Waals surface area contributed by atoms with Crippen molar-refractivity contribution in [1.82, 2.24) is 0 Å². The average molecular weight is 210 g/mol. The molecule has 0 aromatic carbocycles. The van der Waals surface area contributed by atoms with Gasteiger partial charge in [0.05, 0.1) is 0 Å². The fraction of sp³-hybridized carbons (Fsp3) is 0.929. The van der Waals surface area contributed by atoms with Gasteiger partial charge in [0.2, 0.25) is 0 Å². The van der Waals surface area contributed by atoms with Crippen LogP contribution in [0.2, 0.25) is 0 Å². The normalized spacial score (nSPS) is 17.5. The van der Waals surface area contributed by atoms with E-state index in [0.29, 0.717) is 5.78 Å². The first-order valence-corrected chi connectivity index (χ1v) is 6.70. The maximum Gasteiger partial charge on any atom is 0.132 e. The van der Waals surface area contributed by atoms with Crippen molar-refractivity contribution in [2.45, 2.75) is 71.6 Å². The highest BCUT2D eigenvalue weighted by Gasteiger charge is 2.15. The van der Waals surface area contributed by atoms with Gasteiger partial charge in [-0.15, -0.1) is 0 Å². The fourth-order valence-electron chi connectivity index (χ4n) is 2.50. The first-order valence-electron chi connectivity index (χ1n) is 6.70. The quantitative estimate of drug-likeness (QED) is 0.610. The minimum atomic E-state index is 0.502. The zero-order valence-electron chi connectivity index (χ0n) is 10.4. The third-order valence-electron chi connectivity index (χ3n) is 3.54. The number of Topliss-reactive ketones (excluding diaryl/α,β-unsaturated/α-hetero) is 1. The number of rotatable bonds is 7. The lowest BCUT2D eigenvalue weighted by atomic mass is 9.97. The summed E-state index contributed by atoms with van der Waals surface area (Å²) in [5.74, 6) is 2.12. The van der Waals surface area contributed by atoms with E-state index >= 15 is 0 Å². The van der Waals surface area contributed by atoms with Gasteiger partial charge in [0.25, 0.3) is 0 Å². The highest BCUT2D eigenvalue weighted by Crippen LogP contribution is 2.28. The largest absolute Gasteiger partial charge is 0.300 e. The molecule has 0 atom stereocenters. The Hall–Kier alpha value is -0.330. The second-order valence-corrected chi connectivity index (χ2v) is 5.51. The fourth-order valence-corrected chi connectivity index (χ4v) is 2.50. The zero-order valence-corrected chi connectivity index (χ0v) is 10.4. The molecular weight excluding hydrogens is 184 g/mol. The molecule has 0 heterocycles. The Balaban J connectivity index is 1.98. The number of hydrogen-bond acceptors (Lipinski definition) is 1. The molecule has 0 aliphatic heterocycles. The molecule has 0 radical (unpaired) electrons. The first kappa shape index (κ1) is 12.7. The summed E-state index contributed by atoms with van der Waals surface area (Å²) in [6, 6.07) is 0. The molecule has 1 heteroatoms. The molecule has 0 bridgehead atoms. The molecule has 1 aliphatic rings. The molecule has 1 rings (SSSR count). The van der Waals surface area contributed by atoms with Crippen molar-refractivity contribution in [2.75, 3.05) is 0 Å². The van der Waals surface area contributed by atoms with Crippen LogP contribution in [0.3, 0.4) is 0 Å². The summed E-state index contributed by atoms with van der Waals surface area (Å²) < 4.78 is 0. The molecule has 1 aliphatic carbocycles. The van der Waals surface area contributed by atoms with Crippen molar-refractivity contribution in [2.24, 2.45) is 11.8 Å². The Morgan fingerprint density at radius 3 is 2.47 bits per heavy atom. The molecule has 15 heavy (non-hydrogen) atoms. The summed E-state index contributed by atoms with van der Waals surface area (Å²) in [4.78, 5) is 11.6. The van der Waals surface area contributed by atoms with Gasteiger partial charge < -0.3 is 0 Å². The molecular formula is C14H26O. The Kier molecular flexibility index (Phi) is 5.97. The van der Waals surface area contributed by atoms with Gasteiger partial charge in [-0.25, -0.2) is 0 Å². The van der Waals surface area contributed by atoms with E-state index in [0.717, 1.165) is 31.1 Å². The van der Waals surface area contributed by atoms with Crippen molar-refractivity contribution in [3.8, 4) is 0 Å². The second-order valence-electron chi connectivity index (χ2n) is 5.51. The van der Waals surface area contributed by atoms with E-state index in [1.54, 1.807) is 0 Å². The van der Waals surface area contributed by atoms with Crippen molar-refractivity contribution in [3.63, 3.8) is 0 Å². The SMILES string of the molecule is CC(C)CCCC(=O)CCC1CCCC1. The van der Waals surface area contributed by atoms with E-state index in [9.17, 15) is 4.79 Å². The van der Waals surface area contributed by atoms with Crippen LogP contribution in [0.1, 0.15) is 71.6 Å². The molecule has 0 aromatic heterocycles. The standard InChI is InChI=1S/C14H26O/c1-12(2)6-5-9-14(15)11-10-13-7-3-4-8-13/h12-13H,3-11H2,1-2H3. The van der Waals surface area contributed by atoms with Crippen LogP contribution < -0.4 is 0 Å². The van der Waals surface area contributed by atoms with Crippen LogP contribution in [0.25, 0.3) is 0 Å². The van der Waals surface area contributed by atoms with Gasteiger partial charge >= 0.3 is 0 Å². The summed E-state index contributed by atoms with van der Waals surface area (Å²) in [7, 11) is 0. The molecule has 1 saturated carbocycles. The topological polar surface area (TPSA) is 17.1 Å². The summed E-state index contributed by atoms with van der Waals surface area (Å²) in [5.41, 5.74) is 0.